The molecule has 1 aromatic carbocycles. The standard InChI is InChI=1S/C19H19BrN6O/c20-13-3-4-16-15(7-13)12(8-21)6-18(25-16)26-5-1-2-14(10-26)24-19(27)17-9-22-11-23-17/h3-4,6-7,9,11,14,19,24,27H,1-2,5,10H2,(H,22,23)/t14-,19?/m0/s1. The third-order valence-corrected chi connectivity index (χ3v) is 5.32. The first-order chi connectivity index (χ1) is 13.1. The van der Waals surface area contributed by atoms with Gasteiger partial charge in [0.1, 0.15) is 12.0 Å². The third kappa shape index (κ3) is 3.81. The molecule has 0 radical (unpaired) electrons. The molecule has 0 bridgehead atoms. The summed E-state index contributed by atoms with van der Waals surface area (Å²) in [5.74, 6) is 0.795. The van der Waals surface area contributed by atoms with Crippen molar-refractivity contribution in [3.05, 3.63) is 52.5 Å². The summed E-state index contributed by atoms with van der Waals surface area (Å²) in [4.78, 5) is 13.8. The minimum Gasteiger partial charge on any atom is -0.373 e. The highest BCUT2D eigenvalue weighted by atomic mass is 79.9. The van der Waals surface area contributed by atoms with E-state index in [4.69, 9.17) is 4.98 Å². The van der Waals surface area contributed by atoms with Gasteiger partial charge in [0.2, 0.25) is 0 Å². The number of aromatic nitrogens is 3. The van der Waals surface area contributed by atoms with E-state index >= 15 is 0 Å². The van der Waals surface area contributed by atoms with Crippen LogP contribution in [0.25, 0.3) is 10.9 Å². The summed E-state index contributed by atoms with van der Waals surface area (Å²) in [6, 6.07) is 10.0. The summed E-state index contributed by atoms with van der Waals surface area (Å²) >= 11 is 3.45. The van der Waals surface area contributed by atoms with Gasteiger partial charge in [0.25, 0.3) is 0 Å². The van der Waals surface area contributed by atoms with Gasteiger partial charge in [0.15, 0.2) is 0 Å². The molecule has 1 fully saturated rings. The Morgan fingerprint density at radius 2 is 2.30 bits per heavy atom. The fourth-order valence-electron chi connectivity index (χ4n) is 3.49. The summed E-state index contributed by atoms with van der Waals surface area (Å²) in [5.41, 5.74) is 2.07. The van der Waals surface area contributed by atoms with Gasteiger partial charge in [-0.25, -0.2) is 9.97 Å². The average molecular weight is 427 g/mol. The quantitative estimate of drug-likeness (QED) is 0.554. The Labute approximate surface area is 165 Å². The van der Waals surface area contributed by atoms with Crippen LogP contribution < -0.4 is 10.2 Å². The summed E-state index contributed by atoms with van der Waals surface area (Å²) < 4.78 is 0.927. The van der Waals surface area contributed by atoms with Crippen LogP contribution in [0.5, 0.6) is 0 Å². The zero-order valence-corrected chi connectivity index (χ0v) is 16.1. The van der Waals surface area contributed by atoms with Crippen LogP contribution in [0.4, 0.5) is 5.82 Å². The van der Waals surface area contributed by atoms with E-state index in [2.05, 4.69) is 42.2 Å². The number of fused-ring (bicyclic) bond motifs is 1. The number of piperidine rings is 1. The van der Waals surface area contributed by atoms with Gasteiger partial charge >= 0.3 is 0 Å². The van der Waals surface area contributed by atoms with E-state index in [1.54, 1.807) is 12.5 Å². The summed E-state index contributed by atoms with van der Waals surface area (Å²) in [6.45, 7) is 1.59. The lowest BCUT2D eigenvalue weighted by Crippen LogP contribution is -2.47. The first kappa shape index (κ1) is 17.9. The molecule has 0 saturated carbocycles. The molecule has 7 nitrogen and oxygen atoms in total. The molecule has 0 amide bonds. The Balaban J connectivity index is 1.56. The third-order valence-electron chi connectivity index (χ3n) is 4.83. The number of nitrogens with zero attached hydrogens (tertiary/aromatic N) is 4. The second-order valence-corrected chi connectivity index (χ2v) is 7.58. The van der Waals surface area contributed by atoms with Crippen molar-refractivity contribution in [1.82, 2.24) is 20.3 Å². The maximum atomic E-state index is 10.3. The van der Waals surface area contributed by atoms with Crippen LogP contribution in [0, 0.1) is 11.3 Å². The lowest BCUT2D eigenvalue weighted by Gasteiger charge is -2.35. The van der Waals surface area contributed by atoms with Crippen molar-refractivity contribution >= 4 is 32.7 Å². The fraction of sp³-hybridized carbons (Fsp3) is 0.316. The molecule has 4 rings (SSSR count). The molecule has 27 heavy (non-hydrogen) atoms. The molecule has 3 N–H and O–H groups in total. The topological polar surface area (TPSA) is 101 Å². The molecule has 1 aliphatic heterocycles. The number of nitriles is 1. The number of hydrogen-bond donors (Lipinski definition) is 3. The molecule has 8 heteroatoms. The minimum atomic E-state index is -0.783. The lowest BCUT2D eigenvalue weighted by atomic mass is 10.0. The van der Waals surface area contributed by atoms with Crippen molar-refractivity contribution in [1.29, 1.82) is 5.26 Å². The summed E-state index contributed by atoms with van der Waals surface area (Å²) in [6.07, 6.45) is 4.33. The van der Waals surface area contributed by atoms with Crippen molar-refractivity contribution in [3.63, 3.8) is 0 Å². The number of aliphatic hydroxyl groups excluding tert-OH is 1. The van der Waals surface area contributed by atoms with Gasteiger partial charge in [0.05, 0.1) is 35.4 Å². The van der Waals surface area contributed by atoms with Crippen molar-refractivity contribution in [2.24, 2.45) is 0 Å². The van der Waals surface area contributed by atoms with Crippen molar-refractivity contribution in [2.75, 3.05) is 18.0 Å². The molecule has 138 valence electrons. The number of H-pyrrole nitrogens is 1. The predicted molar refractivity (Wildman–Crippen MR) is 106 cm³/mol. The van der Waals surface area contributed by atoms with Gasteiger partial charge in [-0.15, -0.1) is 0 Å². The van der Waals surface area contributed by atoms with Gasteiger partial charge in [-0.2, -0.15) is 5.26 Å². The maximum absolute atomic E-state index is 10.3. The van der Waals surface area contributed by atoms with Crippen LogP contribution in [0.1, 0.15) is 30.3 Å². The highest BCUT2D eigenvalue weighted by Crippen LogP contribution is 2.27. The molecule has 0 aliphatic carbocycles. The van der Waals surface area contributed by atoms with Crippen LogP contribution >= 0.6 is 15.9 Å². The first-order valence-electron chi connectivity index (χ1n) is 8.82. The Hall–Kier alpha value is -2.47. The maximum Gasteiger partial charge on any atom is 0.147 e. The largest absolute Gasteiger partial charge is 0.373 e. The van der Waals surface area contributed by atoms with E-state index in [1.165, 1.54) is 0 Å². The number of hydrogen-bond acceptors (Lipinski definition) is 6. The summed E-state index contributed by atoms with van der Waals surface area (Å²) in [5, 5.41) is 23.9. The van der Waals surface area contributed by atoms with Gasteiger partial charge in [-0.3, -0.25) is 5.32 Å². The molecule has 0 spiro atoms. The van der Waals surface area contributed by atoms with Crippen LogP contribution in [0.3, 0.4) is 0 Å². The Bertz CT molecular complexity index is 984. The zero-order valence-electron chi connectivity index (χ0n) is 14.6. The summed E-state index contributed by atoms with van der Waals surface area (Å²) in [7, 11) is 0. The Morgan fingerprint density at radius 3 is 3.07 bits per heavy atom. The second-order valence-electron chi connectivity index (χ2n) is 6.66. The Morgan fingerprint density at radius 1 is 1.41 bits per heavy atom. The number of pyridine rings is 1. The molecule has 2 aromatic heterocycles. The zero-order chi connectivity index (χ0) is 18.8. The van der Waals surface area contributed by atoms with Gasteiger partial charge in [-0.1, -0.05) is 15.9 Å². The normalized spacial score (nSPS) is 18.4. The highest BCUT2D eigenvalue weighted by Gasteiger charge is 2.24. The number of aromatic amines is 1. The van der Waals surface area contributed by atoms with E-state index in [1.807, 2.05) is 24.3 Å². The van der Waals surface area contributed by atoms with Gasteiger partial charge in [0, 0.05) is 29.0 Å². The number of anilines is 1. The van der Waals surface area contributed by atoms with Crippen LogP contribution in [0.15, 0.2) is 41.3 Å². The van der Waals surface area contributed by atoms with E-state index in [0.29, 0.717) is 17.8 Å². The Kier molecular flexibility index (Phi) is 5.07. The van der Waals surface area contributed by atoms with Crippen molar-refractivity contribution in [3.8, 4) is 6.07 Å². The van der Waals surface area contributed by atoms with Crippen LogP contribution in [-0.4, -0.2) is 39.2 Å². The van der Waals surface area contributed by atoms with Crippen molar-refractivity contribution in [2.45, 2.75) is 25.1 Å². The predicted octanol–water partition coefficient (Wildman–Crippen LogP) is 2.84. The number of aliphatic hydroxyl groups is 1. The molecule has 1 aliphatic rings. The fourth-order valence-corrected chi connectivity index (χ4v) is 3.85. The lowest BCUT2D eigenvalue weighted by molar-refractivity contribution is 0.115. The molecule has 1 saturated heterocycles. The number of halogens is 1. The molecular formula is C19H19BrN6O. The first-order valence-corrected chi connectivity index (χ1v) is 9.61. The molecular weight excluding hydrogens is 408 g/mol. The molecule has 2 atom stereocenters. The monoisotopic (exact) mass is 426 g/mol. The van der Waals surface area contributed by atoms with Gasteiger partial charge < -0.3 is 15.0 Å². The number of nitrogens with one attached hydrogen (secondary N) is 2. The molecule has 3 aromatic rings. The smallest absolute Gasteiger partial charge is 0.147 e. The minimum absolute atomic E-state index is 0.116. The van der Waals surface area contributed by atoms with Crippen LogP contribution in [0.2, 0.25) is 0 Å². The number of imidazole rings is 1. The van der Waals surface area contributed by atoms with Gasteiger partial charge in [-0.05, 0) is 37.1 Å². The SMILES string of the molecule is N#Cc1cc(N2CCC[C@H](NC(O)c3cnc[nH]3)C2)nc2ccc(Br)cc12. The van der Waals surface area contributed by atoms with Crippen molar-refractivity contribution < 1.29 is 5.11 Å². The van der Waals surface area contributed by atoms with E-state index in [0.717, 1.165) is 40.6 Å². The molecule has 3 heterocycles. The molecule has 1 unspecified atom stereocenters. The number of rotatable bonds is 4. The second kappa shape index (κ2) is 7.64. The van der Waals surface area contributed by atoms with E-state index in [-0.39, 0.29) is 6.04 Å². The van der Waals surface area contributed by atoms with Crippen LogP contribution in [-0.2, 0) is 0 Å². The van der Waals surface area contributed by atoms with E-state index in [9.17, 15) is 10.4 Å². The van der Waals surface area contributed by atoms with E-state index < -0.39 is 6.23 Å². The highest BCUT2D eigenvalue weighted by molar-refractivity contribution is 9.10. The number of benzene rings is 1. The average Bonchev–Trinajstić information content (AvgIpc) is 3.22.